The Balaban J connectivity index is 2.37. The van der Waals surface area contributed by atoms with Crippen LogP contribution < -0.4 is 5.32 Å². The molecule has 5 nitrogen and oxygen atoms in total. The Kier molecular flexibility index (Phi) is 4.59. The molecule has 0 spiro atoms. The monoisotopic (exact) mass is 256 g/mol. The summed E-state index contributed by atoms with van der Waals surface area (Å²) in [6.07, 6.45) is 1.95. The maximum atomic E-state index is 11.9. The first-order valence-electron chi connectivity index (χ1n) is 6.56. The summed E-state index contributed by atoms with van der Waals surface area (Å²) in [7, 11) is 0. The standard InChI is InChI=1S/C13H24N2O3/c1-5-6-13(3,4)14-12(18)15-7-10(8-15)9(2)11(16)17/h9-10H,5-8H2,1-4H3,(H,14,18)(H,16,17). The summed E-state index contributed by atoms with van der Waals surface area (Å²) < 4.78 is 0. The second-order valence-corrected chi connectivity index (χ2v) is 5.86. The topological polar surface area (TPSA) is 69.6 Å². The third-order valence-electron chi connectivity index (χ3n) is 3.61. The molecule has 0 aromatic rings. The van der Waals surface area contributed by atoms with Crippen LogP contribution in [0.5, 0.6) is 0 Å². The predicted molar refractivity (Wildman–Crippen MR) is 69.4 cm³/mol. The lowest BCUT2D eigenvalue weighted by Crippen LogP contribution is -2.59. The van der Waals surface area contributed by atoms with Crippen molar-refractivity contribution in [2.45, 2.75) is 46.1 Å². The average Bonchev–Trinajstić information content (AvgIpc) is 2.13. The van der Waals surface area contributed by atoms with Crippen LogP contribution in [0.4, 0.5) is 4.79 Å². The van der Waals surface area contributed by atoms with Gasteiger partial charge in [-0.15, -0.1) is 0 Å². The molecule has 0 aliphatic carbocycles. The summed E-state index contributed by atoms with van der Waals surface area (Å²) in [5, 5.41) is 11.9. The average molecular weight is 256 g/mol. The van der Waals surface area contributed by atoms with Crippen molar-refractivity contribution < 1.29 is 14.7 Å². The Hall–Kier alpha value is -1.26. The van der Waals surface area contributed by atoms with Gasteiger partial charge in [-0.2, -0.15) is 0 Å². The van der Waals surface area contributed by atoms with Gasteiger partial charge in [0.1, 0.15) is 0 Å². The lowest BCUT2D eigenvalue weighted by atomic mass is 9.87. The van der Waals surface area contributed by atoms with Crippen LogP contribution in [-0.4, -0.2) is 40.6 Å². The van der Waals surface area contributed by atoms with E-state index < -0.39 is 5.97 Å². The van der Waals surface area contributed by atoms with Gasteiger partial charge in [0, 0.05) is 24.5 Å². The van der Waals surface area contributed by atoms with Gasteiger partial charge in [-0.05, 0) is 20.3 Å². The number of urea groups is 1. The molecular formula is C13H24N2O3. The van der Waals surface area contributed by atoms with Crippen LogP contribution in [0.15, 0.2) is 0 Å². The molecule has 1 aliphatic rings. The third-order valence-corrected chi connectivity index (χ3v) is 3.61. The lowest BCUT2D eigenvalue weighted by molar-refractivity contribution is -0.144. The zero-order chi connectivity index (χ0) is 13.9. The molecule has 0 saturated carbocycles. The number of nitrogens with one attached hydrogen (secondary N) is 1. The molecule has 1 saturated heterocycles. The number of carboxylic acids is 1. The highest BCUT2D eigenvalue weighted by Gasteiger charge is 2.38. The first kappa shape index (κ1) is 14.8. The maximum Gasteiger partial charge on any atom is 0.317 e. The van der Waals surface area contributed by atoms with Gasteiger partial charge in [0.15, 0.2) is 0 Å². The minimum atomic E-state index is -0.786. The van der Waals surface area contributed by atoms with E-state index >= 15 is 0 Å². The van der Waals surface area contributed by atoms with Crippen LogP contribution in [0, 0.1) is 11.8 Å². The van der Waals surface area contributed by atoms with Gasteiger partial charge >= 0.3 is 12.0 Å². The van der Waals surface area contributed by atoms with E-state index in [2.05, 4.69) is 12.2 Å². The number of rotatable bonds is 5. The number of amides is 2. The summed E-state index contributed by atoms with van der Waals surface area (Å²) in [6, 6.07) is -0.0812. The van der Waals surface area contributed by atoms with Crippen molar-refractivity contribution in [1.82, 2.24) is 10.2 Å². The summed E-state index contributed by atoms with van der Waals surface area (Å²) in [5.74, 6) is -1.08. The Morgan fingerprint density at radius 2 is 2.00 bits per heavy atom. The fourth-order valence-electron chi connectivity index (χ4n) is 2.25. The van der Waals surface area contributed by atoms with Crippen LogP contribution in [0.3, 0.4) is 0 Å². The van der Waals surface area contributed by atoms with E-state index in [1.54, 1.807) is 11.8 Å². The maximum absolute atomic E-state index is 11.9. The molecule has 2 amide bonds. The molecule has 0 aromatic carbocycles. The van der Waals surface area contributed by atoms with Gasteiger partial charge in [0.05, 0.1) is 5.92 Å². The minimum absolute atomic E-state index is 0.0812. The van der Waals surface area contributed by atoms with Crippen molar-refractivity contribution in [3.05, 3.63) is 0 Å². The fraction of sp³-hybridized carbons (Fsp3) is 0.846. The molecule has 0 bridgehead atoms. The van der Waals surface area contributed by atoms with Crippen molar-refractivity contribution in [2.24, 2.45) is 11.8 Å². The van der Waals surface area contributed by atoms with E-state index in [4.69, 9.17) is 5.11 Å². The number of hydrogen-bond donors (Lipinski definition) is 2. The van der Waals surface area contributed by atoms with E-state index in [0.717, 1.165) is 12.8 Å². The normalized spacial score (nSPS) is 18.1. The van der Waals surface area contributed by atoms with Crippen molar-refractivity contribution >= 4 is 12.0 Å². The van der Waals surface area contributed by atoms with Gasteiger partial charge in [-0.25, -0.2) is 4.79 Å². The molecule has 1 heterocycles. The predicted octanol–water partition coefficient (Wildman–Crippen LogP) is 1.93. The van der Waals surface area contributed by atoms with Crippen LogP contribution in [0.2, 0.25) is 0 Å². The highest BCUT2D eigenvalue weighted by atomic mass is 16.4. The quantitative estimate of drug-likeness (QED) is 0.789. The molecule has 5 heteroatoms. The molecule has 1 rings (SSSR count). The van der Waals surface area contributed by atoms with E-state index in [-0.39, 0.29) is 23.4 Å². The Bertz CT molecular complexity index is 322. The SMILES string of the molecule is CCCC(C)(C)NC(=O)N1CC(C(C)C(=O)O)C1. The van der Waals surface area contributed by atoms with E-state index in [1.165, 1.54) is 0 Å². The van der Waals surface area contributed by atoms with E-state index in [9.17, 15) is 9.59 Å². The molecule has 18 heavy (non-hydrogen) atoms. The summed E-state index contributed by atoms with van der Waals surface area (Å²) in [6.45, 7) is 8.88. The molecule has 104 valence electrons. The van der Waals surface area contributed by atoms with Gasteiger partial charge in [0.2, 0.25) is 0 Å². The van der Waals surface area contributed by atoms with Gasteiger partial charge < -0.3 is 15.3 Å². The van der Waals surface area contributed by atoms with Crippen molar-refractivity contribution in [3.8, 4) is 0 Å². The number of carboxylic acid groups (broad SMARTS) is 1. The number of carbonyl (C=O) groups is 2. The van der Waals surface area contributed by atoms with Gasteiger partial charge in [-0.1, -0.05) is 20.3 Å². The van der Waals surface area contributed by atoms with Crippen LogP contribution in [-0.2, 0) is 4.79 Å². The third kappa shape index (κ3) is 3.62. The number of hydrogen-bond acceptors (Lipinski definition) is 2. The highest BCUT2D eigenvalue weighted by molar-refractivity contribution is 5.76. The first-order chi connectivity index (χ1) is 8.26. The number of likely N-dealkylation sites (tertiary alicyclic amines) is 1. The molecule has 0 radical (unpaired) electrons. The Morgan fingerprint density at radius 1 is 1.44 bits per heavy atom. The second-order valence-electron chi connectivity index (χ2n) is 5.86. The second kappa shape index (κ2) is 5.59. The lowest BCUT2D eigenvalue weighted by Gasteiger charge is -2.42. The van der Waals surface area contributed by atoms with Crippen molar-refractivity contribution in [1.29, 1.82) is 0 Å². The molecule has 2 N–H and O–H groups in total. The Labute approximate surface area is 109 Å². The number of aliphatic carboxylic acids is 1. The zero-order valence-corrected chi connectivity index (χ0v) is 11.7. The van der Waals surface area contributed by atoms with Crippen LogP contribution in [0.25, 0.3) is 0 Å². The fourth-order valence-corrected chi connectivity index (χ4v) is 2.25. The number of nitrogens with zero attached hydrogens (tertiary/aromatic N) is 1. The molecule has 1 atom stereocenters. The molecule has 0 aromatic heterocycles. The molecule has 1 fully saturated rings. The van der Waals surface area contributed by atoms with Crippen LogP contribution in [0.1, 0.15) is 40.5 Å². The molecule has 1 aliphatic heterocycles. The van der Waals surface area contributed by atoms with Gasteiger partial charge in [-0.3, -0.25) is 4.79 Å². The van der Waals surface area contributed by atoms with Gasteiger partial charge in [0.25, 0.3) is 0 Å². The summed E-state index contributed by atoms with van der Waals surface area (Å²) in [5.41, 5.74) is -0.199. The summed E-state index contributed by atoms with van der Waals surface area (Å²) >= 11 is 0. The first-order valence-corrected chi connectivity index (χ1v) is 6.56. The smallest absolute Gasteiger partial charge is 0.317 e. The zero-order valence-electron chi connectivity index (χ0n) is 11.7. The van der Waals surface area contributed by atoms with Crippen molar-refractivity contribution in [2.75, 3.05) is 13.1 Å². The summed E-state index contributed by atoms with van der Waals surface area (Å²) in [4.78, 5) is 24.4. The van der Waals surface area contributed by atoms with E-state index in [1.807, 2.05) is 13.8 Å². The largest absolute Gasteiger partial charge is 0.481 e. The minimum Gasteiger partial charge on any atom is -0.481 e. The van der Waals surface area contributed by atoms with Crippen LogP contribution >= 0.6 is 0 Å². The highest BCUT2D eigenvalue weighted by Crippen LogP contribution is 2.24. The number of carbonyl (C=O) groups excluding carboxylic acids is 1. The van der Waals surface area contributed by atoms with Crippen molar-refractivity contribution in [3.63, 3.8) is 0 Å². The molecular weight excluding hydrogens is 232 g/mol. The molecule has 1 unspecified atom stereocenters. The Morgan fingerprint density at radius 3 is 2.44 bits per heavy atom. The van der Waals surface area contributed by atoms with E-state index in [0.29, 0.717) is 13.1 Å².